The van der Waals surface area contributed by atoms with Crippen LogP contribution in [-0.4, -0.2) is 39.4 Å². The third-order valence-corrected chi connectivity index (χ3v) is 7.36. The third-order valence-electron chi connectivity index (χ3n) is 4.82. The van der Waals surface area contributed by atoms with Crippen molar-refractivity contribution in [2.24, 2.45) is 5.92 Å². The Balaban J connectivity index is 1.34. The van der Waals surface area contributed by atoms with Crippen LogP contribution in [0.3, 0.4) is 0 Å². The summed E-state index contributed by atoms with van der Waals surface area (Å²) in [6.45, 7) is 0. The molecule has 0 spiro atoms. The molecule has 10 heteroatoms. The van der Waals surface area contributed by atoms with E-state index in [2.05, 4.69) is 20.3 Å². The lowest BCUT2D eigenvalue weighted by Gasteiger charge is -2.01. The molecule has 5 rings (SSSR count). The molecule has 1 saturated carbocycles. The number of fused-ring (bicyclic) bond motifs is 2. The molecule has 3 heterocycles. The van der Waals surface area contributed by atoms with Crippen molar-refractivity contribution in [3.05, 3.63) is 54.6 Å². The minimum atomic E-state index is -3.52. The van der Waals surface area contributed by atoms with Gasteiger partial charge in [-0.2, -0.15) is 0 Å². The number of rotatable bonds is 6. The van der Waals surface area contributed by atoms with Gasteiger partial charge in [0.1, 0.15) is 0 Å². The van der Waals surface area contributed by atoms with Crippen LogP contribution in [-0.2, 0) is 14.6 Å². The fraction of sp³-hybridized carbons (Fsp3) is 0.200. The Morgan fingerprint density at radius 3 is 3.00 bits per heavy atom. The molecule has 1 N–H and O–H groups in total. The minimum Gasteiger partial charge on any atom is -0.302 e. The first-order chi connectivity index (χ1) is 14.5. The van der Waals surface area contributed by atoms with Gasteiger partial charge >= 0.3 is 0 Å². The zero-order chi connectivity index (χ0) is 20.7. The average Bonchev–Trinajstić information content (AvgIpc) is 3.39. The number of nitrogens with one attached hydrogen (secondary N) is 1. The molecule has 1 aromatic carbocycles. The highest BCUT2D eigenvalue weighted by molar-refractivity contribution is 7.91. The molecule has 0 aliphatic heterocycles. The van der Waals surface area contributed by atoms with Crippen LogP contribution in [0.1, 0.15) is 18.5 Å². The molecule has 1 aliphatic rings. The second kappa shape index (κ2) is 7.29. The molecular weight excluding hydrogens is 422 g/mol. The fourth-order valence-electron chi connectivity index (χ4n) is 3.07. The number of hydrogen-bond acceptors (Lipinski definition) is 7. The van der Waals surface area contributed by atoms with Gasteiger partial charge in [0.15, 0.2) is 15.0 Å². The Hall–Kier alpha value is -3.11. The van der Waals surface area contributed by atoms with Crippen LogP contribution in [0.5, 0.6) is 0 Å². The molecule has 152 valence electrons. The lowest BCUT2D eigenvalue weighted by Crippen LogP contribution is -2.12. The Morgan fingerprint density at radius 1 is 1.30 bits per heavy atom. The average molecular weight is 440 g/mol. The van der Waals surface area contributed by atoms with E-state index in [1.54, 1.807) is 53.2 Å². The molecular formula is C20H17N5O3S2. The van der Waals surface area contributed by atoms with Gasteiger partial charge in [0, 0.05) is 18.3 Å². The summed E-state index contributed by atoms with van der Waals surface area (Å²) in [5, 5.41) is 3.31. The largest absolute Gasteiger partial charge is 0.302 e. The van der Waals surface area contributed by atoms with Crippen molar-refractivity contribution in [2.75, 3.05) is 11.1 Å². The van der Waals surface area contributed by atoms with E-state index in [-0.39, 0.29) is 22.5 Å². The second-order valence-electron chi connectivity index (χ2n) is 7.07. The van der Waals surface area contributed by atoms with E-state index in [1.165, 1.54) is 11.3 Å². The first kappa shape index (κ1) is 18.9. The van der Waals surface area contributed by atoms with Crippen molar-refractivity contribution in [3.8, 4) is 0 Å². The number of hydrogen-bond donors (Lipinski definition) is 1. The number of carbonyl (C=O) groups excluding carboxylic acids is 1. The van der Waals surface area contributed by atoms with Crippen molar-refractivity contribution in [2.45, 2.75) is 17.7 Å². The van der Waals surface area contributed by atoms with Crippen molar-refractivity contribution in [1.82, 2.24) is 19.4 Å². The number of amides is 1. The Bertz CT molecular complexity index is 1400. The fourth-order valence-corrected chi connectivity index (χ4v) is 5.16. The van der Waals surface area contributed by atoms with Gasteiger partial charge in [-0.1, -0.05) is 17.4 Å². The van der Waals surface area contributed by atoms with E-state index < -0.39 is 9.84 Å². The first-order valence-corrected chi connectivity index (χ1v) is 11.9. The SMILES string of the molecule is O=C(Nc1nc2ccc(S(=O)(=O)CC=Cc3cnc4ncccn34)cc2s1)C1CC1. The summed E-state index contributed by atoms with van der Waals surface area (Å²) >= 11 is 1.28. The summed E-state index contributed by atoms with van der Waals surface area (Å²) in [6.07, 6.45) is 10.3. The van der Waals surface area contributed by atoms with E-state index in [0.717, 1.165) is 23.2 Å². The van der Waals surface area contributed by atoms with Crippen molar-refractivity contribution in [3.63, 3.8) is 0 Å². The maximum absolute atomic E-state index is 12.8. The number of carbonyl (C=O) groups is 1. The number of anilines is 1. The van der Waals surface area contributed by atoms with Gasteiger partial charge in [-0.05, 0) is 43.2 Å². The zero-order valence-corrected chi connectivity index (χ0v) is 17.4. The van der Waals surface area contributed by atoms with Crippen LogP contribution in [0.4, 0.5) is 5.13 Å². The van der Waals surface area contributed by atoms with Gasteiger partial charge in [0.2, 0.25) is 11.7 Å². The summed E-state index contributed by atoms with van der Waals surface area (Å²) < 4.78 is 28.1. The highest BCUT2D eigenvalue weighted by Gasteiger charge is 2.30. The molecule has 1 aliphatic carbocycles. The van der Waals surface area contributed by atoms with Gasteiger partial charge in [0.25, 0.3) is 0 Å². The van der Waals surface area contributed by atoms with Crippen molar-refractivity contribution >= 4 is 54.3 Å². The number of sulfone groups is 1. The normalized spacial score (nSPS) is 14.7. The summed E-state index contributed by atoms with van der Waals surface area (Å²) in [5.74, 6) is 0.481. The molecule has 0 atom stereocenters. The lowest BCUT2D eigenvalue weighted by molar-refractivity contribution is -0.117. The third kappa shape index (κ3) is 3.71. The van der Waals surface area contributed by atoms with E-state index >= 15 is 0 Å². The number of aromatic nitrogens is 4. The standard InChI is InChI=1S/C20H17N5O3S2/c26-18(13-4-5-13)24-20-23-16-7-6-15(11-17(16)29-20)30(27,28)10-1-3-14-12-22-19-21-8-2-9-25(14)19/h1-3,6-9,11-13H,4-5,10H2,(H,23,24,26). The topological polar surface area (TPSA) is 106 Å². The van der Waals surface area contributed by atoms with E-state index in [0.29, 0.717) is 16.4 Å². The van der Waals surface area contributed by atoms with E-state index in [9.17, 15) is 13.2 Å². The highest BCUT2D eigenvalue weighted by atomic mass is 32.2. The first-order valence-electron chi connectivity index (χ1n) is 9.38. The minimum absolute atomic E-state index is 0.0189. The smallest absolute Gasteiger partial charge is 0.234 e. The highest BCUT2D eigenvalue weighted by Crippen LogP contribution is 2.33. The number of thiazole rings is 1. The van der Waals surface area contributed by atoms with Crippen LogP contribution < -0.4 is 5.32 Å². The molecule has 0 saturated heterocycles. The molecule has 0 unspecified atom stereocenters. The van der Waals surface area contributed by atoms with Crippen LogP contribution in [0, 0.1) is 5.92 Å². The summed E-state index contributed by atoms with van der Waals surface area (Å²) in [4.78, 5) is 24.8. The maximum Gasteiger partial charge on any atom is 0.234 e. The van der Waals surface area contributed by atoms with Gasteiger partial charge in [-0.3, -0.25) is 9.20 Å². The van der Waals surface area contributed by atoms with Gasteiger partial charge in [-0.15, -0.1) is 0 Å². The summed E-state index contributed by atoms with van der Waals surface area (Å²) in [7, 11) is -3.52. The Morgan fingerprint density at radius 2 is 2.17 bits per heavy atom. The van der Waals surface area contributed by atoms with Crippen molar-refractivity contribution in [1.29, 1.82) is 0 Å². The van der Waals surface area contributed by atoms with Crippen LogP contribution in [0.2, 0.25) is 0 Å². The van der Waals surface area contributed by atoms with E-state index in [1.807, 2.05) is 6.20 Å². The monoisotopic (exact) mass is 439 g/mol. The van der Waals surface area contributed by atoms with Gasteiger partial charge in [-0.25, -0.2) is 23.4 Å². The molecule has 30 heavy (non-hydrogen) atoms. The Kier molecular flexibility index (Phi) is 4.59. The summed E-state index contributed by atoms with van der Waals surface area (Å²) in [5.41, 5.74) is 1.42. The van der Waals surface area contributed by atoms with Crippen LogP contribution in [0.15, 0.2) is 53.8 Å². The maximum atomic E-state index is 12.8. The predicted molar refractivity (Wildman–Crippen MR) is 115 cm³/mol. The predicted octanol–water partition coefficient (Wildman–Crippen LogP) is 3.17. The Labute approximate surface area is 176 Å². The number of nitrogens with zero attached hydrogens (tertiary/aromatic N) is 4. The van der Waals surface area contributed by atoms with Crippen molar-refractivity contribution < 1.29 is 13.2 Å². The van der Waals surface area contributed by atoms with Gasteiger partial charge < -0.3 is 5.32 Å². The lowest BCUT2D eigenvalue weighted by atomic mass is 10.3. The molecule has 0 radical (unpaired) electrons. The molecule has 0 bridgehead atoms. The molecule has 4 aromatic rings. The number of benzene rings is 1. The second-order valence-corrected chi connectivity index (χ2v) is 10.1. The zero-order valence-electron chi connectivity index (χ0n) is 15.7. The molecule has 3 aromatic heterocycles. The number of imidazole rings is 1. The van der Waals surface area contributed by atoms with E-state index in [4.69, 9.17) is 0 Å². The van der Waals surface area contributed by atoms with Crippen LogP contribution >= 0.6 is 11.3 Å². The van der Waals surface area contributed by atoms with Gasteiger partial charge in [0.05, 0.1) is 32.8 Å². The molecule has 1 amide bonds. The molecule has 8 nitrogen and oxygen atoms in total. The summed E-state index contributed by atoms with van der Waals surface area (Å²) in [6, 6.07) is 6.62. The van der Waals surface area contributed by atoms with Crippen LogP contribution in [0.25, 0.3) is 22.1 Å². The molecule has 1 fully saturated rings. The quantitative estimate of drug-likeness (QED) is 0.495.